The van der Waals surface area contributed by atoms with Gasteiger partial charge in [0.25, 0.3) is 0 Å². The molecule has 1 fully saturated rings. The van der Waals surface area contributed by atoms with E-state index in [9.17, 15) is 0 Å². The maximum absolute atomic E-state index is 3.57. The van der Waals surface area contributed by atoms with Gasteiger partial charge in [-0.05, 0) is 37.6 Å². The molecule has 0 aliphatic carbocycles. The molecule has 0 amide bonds. The van der Waals surface area contributed by atoms with E-state index < -0.39 is 0 Å². The molecular formula is C11H23N. The summed E-state index contributed by atoms with van der Waals surface area (Å²) in [5.41, 5.74) is 0.521. The van der Waals surface area contributed by atoms with Crippen molar-refractivity contribution in [2.45, 2.75) is 53.0 Å². The van der Waals surface area contributed by atoms with Gasteiger partial charge in [-0.1, -0.05) is 27.2 Å². The normalized spacial score (nSPS) is 32.0. The zero-order chi connectivity index (χ0) is 9.19. The van der Waals surface area contributed by atoms with Crippen molar-refractivity contribution in [3.63, 3.8) is 0 Å². The second kappa shape index (κ2) is 3.78. The van der Waals surface area contributed by atoms with Gasteiger partial charge in [0.1, 0.15) is 0 Å². The Bertz CT molecular complexity index is 140. The number of nitrogens with one attached hydrogen (secondary N) is 1. The summed E-state index contributed by atoms with van der Waals surface area (Å²) >= 11 is 0. The Morgan fingerprint density at radius 2 is 2.08 bits per heavy atom. The lowest BCUT2D eigenvalue weighted by molar-refractivity contribution is 0.125. The Morgan fingerprint density at radius 3 is 2.58 bits per heavy atom. The maximum atomic E-state index is 3.57. The highest BCUT2D eigenvalue weighted by Gasteiger charge is 2.33. The third-order valence-electron chi connectivity index (χ3n) is 3.68. The highest BCUT2D eigenvalue weighted by atomic mass is 14.9. The molecule has 1 saturated heterocycles. The van der Waals surface area contributed by atoms with Crippen LogP contribution in [0.4, 0.5) is 0 Å². The lowest BCUT2D eigenvalue weighted by Crippen LogP contribution is -2.45. The molecule has 72 valence electrons. The molecule has 1 aliphatic rings. The number of hydrogen-bond acceptors (Lipinski definition) is 1. The van der Waals surface area contributed by atoms with Gasteiger partial charge >= 0.3 is 0 Å². The van der Waals surface area contributed by atoms with Crippen molar-refractivity contribution in [3.8, 4) is 0 Å². The molecule has 0 saturated carbocycles. The van der Waals surface area contributed by atoms with E-state index in [1.165, 1.54) is 25.8 Å². The first-order valence-corrected chi connectivity index (χ1v) is 5.31. The molecule has 0 spiro atoms. The van der Waals surface area contributed by atoms with Gasteiger partial charge in [0, 0.05) is 6.04 Å². The van der Waals surface area contributed by atoms with Crippen LogP contribution >= 0.6 is 0 Å². The van der Waals surface area contributed by atoms with Crippen LogP contribution < -0.4 is 5.32 Å². The number of rotatable bonds is 2. The third kappa shape index (κ3) is 2.01. The average Bonchev–Trinajstić information content (AvgIpc) is 2.05. The van der Waals surface area contributed by atoms with E-state index in [0.717, 1.165) is 5.92 Å². The molecule has 1 aliphatic heterocycles. The van der Waals surface area contributed by atoms with Crippen molar-refractivity contribution in [2.75, 3.05) is 6.54 Å². The molecule has 2 atom stereocenters. The Labute approximate surface area is 76.9 Å². The van der Waals surface area contributed by atoms with Crippen LogP contribution in [0.2, 0.25) is 0 Å². The van der Waals surface area contributed by atoms with Gasteiger partial charge in [0.05, 0.1) is 0 Å². The number of hydrogen-bond donors (Lipinski definition) is 1. The molecule has 1 N–H and O–H groups in total. The monoisotopic (exact) mass is 169 g/mol. The summed E-state index contributed by atoms with van der Waals surface area (Å²) in [6.07, 6.45) is 4.07. The van der Waals surface area contributed by atoms with Gasteiger partial charge in [-0.2, -0.15) is 0 Å². The quantitative estimate of drug-likeness (QED) is 0.670. The molecule has 0 radical (unpaired) electrons. The first-order chi connectivity index (χ1) is 5.58. The molecule has 0 aromatic heterocycles. The molecule has 0 aromatic carbocycles. The summed E-state index contributed by atoms with van der Waals surface area (Å²) in [6.45, 7) is 10.7. The fourth-order valence-electron chi connectivity index (χ4n) is 2.37. The Morgan fingerprint density at radius 1 is 1.42 bits per heavy atom. The predicted molar refractivity (Wildman–Crippen MR) is 54.3 cm³/mol. The van der Waals surface area contributed by atoms with Crippen LogP contribution in [-0.2, 0) is 0 Å². The molecular weight excluding hydrogens is 146 g/mol. The van der Waals surface area contributed by atoms with Crippen LogP contribution in [0.5, 0.6) is 0 Å². The van der Waals surface area contributed by atoms with Gasteiger partial charge < -0.3 is 5.32 Å². The number of piperidine rings is 1. The van der Waals surface area contributed by atoms with Crippen molar-refractivity contribution in [1.29, 1.82) is 0 Å². The smallest absolute Gasteiger partial charge is 0.00720 e. The van der Waals surface area contributed by atoms with Crippen molar-refractivity contribution < 1.29 is 0 Å². The van der Waals surface area contributed by atoms with Crippen LogP contribution in [0, 0.1) is 11.3 Å². The fraction of sp³-hybridized carbons (Fsp3) is 1.00. The Kier molecular flexibility index (Phi) is 3.16. The van der Waals surface area contributed by atoms with E-state index in [-0.39, 0.29) is 0 Å². The van der Waals surface area contributed by atoms with Gasteiger partial charge in [0.15, 0.2) is 0 Å². The Hall–Kier alpha value is -0.0400. The third-order valence-corrected chi connectivity index (χ3v) is 3.68. The van der Waals surface area contributed by atoms with E-state index in [0.29, 0.717) is 11.5 Å². The lowest BCUT2D eigenvalue weighted by Gasteiger charge is -2.41. The summed E-state index contributed by atoms with van der Waals surface area (Å²) in [5.74, 6) is 0.872. The van der Waals surface area contributed by atoms with Gasteiger partial charge in [-0.25, -0.2) is 0 Å². The predicted octanol–water partition coefficient (Wildman–Crippen LogP) is 2.81. The summed E-state index contributed by atoms with van der Waals surface area (Å²) in [6, 6.07) is 0.716. The van der Waals surface area contributed by atoms with Gasteiger partial charge in [0.2, 0.25) is 0 Å². The molecule has 0 bridgehead atoms. The molecule has 1 heterocycles. The minimum absolute atomic E-state index is 0.521. The highest BCUT2D eigenvalue weighted by Crippen LogP contribution is 2.37. The van der Waals surface area contributed by atoms with Gasteiger partial charge in [-0.15, -0.1) is 0 Å². The SMILES string of the molecule is CCC(C)(C)C1CCCN[C@@H]1C. The van der Waals surface area contributed by atoms with Crippen LogP contribution in [-0.4, -0.2) is 12.6 Å². The average molecular weight is 169 g/mol. The molecule has 1 nitrogen and oxygen atoms in total. The van der Waals surface area contributed by atoms with E-state index in [2.05, 4.69) is 33.0 Å². The standard InChI is InChI=1S/C11H23N/c1-5-11(3,4)10-7-6-8-12-9(10)2/h9-10,12H,5-8H2,1-4H3/t9-,10?/m1/s1. The molecule has 0 aromatic rings. The first kappa shape index (κ1) is 10.0. The van der Waals surface area contributed by atoms with E-state index in [1.54, 1.807) is 0 Å². The second-order valence-corrected chi connectivity index (χ2v) is 4.83. The zero-order valence-corrected chi connectivity index (χ0v) is 8.98. The highest BCUT2D eigenvalue weighted by molar-refractivity contribution is 4.87. The summed E-state index contributed by atoms with van der Waals surface area (Å²) in [5, 5.41) is 3.57. The molecule has 12 heavy (non-hydrogen) atoms. The Balaban J connectivity index is 2.58. The molecule has 1 heteroatoms. The van der Waals surface area contributed by atoms with Gasteiger partial charge in [-0.3, -0.25) is 0 Å². The zero-order valence-electron chi connectivity index (χ0n) is 8.98. The maximum Gasteiger partial charge on any atom is 0.00720 e. The molecule has 1 rings (SSSR count). The van der Waals surface area contributed by atoms with Crippen LogP contribution in [0.15, 0.2) is 0 Å². The fourth-order valence-corrected chi connectivity index (χ4v) is 2.37. The minimum atomic E-state index is 0.521. The second-order valence-electron chi connectivity index (χ2n) is 4.83. The van der Waals surface area contributed by atoms with Crippen LogP contribution in [0.3, 0.4) is 0 Å². The summed E-state index contributed by atoms with van der Waals surface area (Å²) in [4.78, 5) is 0. The topological polar surface area (TPSA) is 12.0 Å². The van der Waals surface area contributed by atoms with Crippen molar-refractivity contribution in [2.24, 2.45) is 11.3 Å². The summed E-state index contributed by atoms with van der Waals surface area (Å²) < 4.78 is 0. The molecule has 1 unspecified atom stereocenters. The summed E-state index contributed by atoms with van der Waals surface area (Å²) in [7, 11) is 0. The van der Waals surface area contributed by atoms with E-state index in [1.807, 2.05) is 0 Å². The van der Waals surface area contributed by atoms with Crippen molar-refractivity contribution in [3.05, 3.63) is 0 Å². The van der Waals surface area contributed by atoms with E-state index >= 15 is 0 Å². The first-order valence-electron chi connectivity index (χ1n) is 5.31. The minimum Gasteiger partial charge on any atom is -0.314 e. The lowest BCUT2D eigenvalue weighted by atomic mass is 9.70. The van der Waals surface area contributed by atoms with Crippen LogP contribution in [0.1, 0.15) is 47.0 Å². The largest absolute Gasteiger partial charge is 0.314 e. The van der Waals surface area contributed by atoms with Crippen molar-refractivity contribution in [1.82, 2.24) is 5.32 Å². The van der Waals surface area contributed by atoms with E-state index in [4.69, 9.17) is 0 Å². The van der Waals surface area contributed by atoms with Crippen molar-refractivity contribution >= 4 is 0 Å². The van der Waals surface area contributed by atoms with Crippen LogP contribution in [0.25, 0.3) is 0 Å².